The van der Waals surface area contributed by atoms with Gasteiger partial charge in [-0.1, -0.05) is 0 Å². The number of hydrogen-bond acceptors (Lipinski definition) is 3. The third-order valence-corrected chi connectivity index (χ3v) is 3.42. The van der Waals surface area contributed by atoms with Crippen LogP contribution in [-0.4, -0.2) is 40.4 Å². The Morgan fingerprint density at radius 2 is 2.00 bits per heavy atom. The molecule has 3 fully saturated rings. The van der Waals surface area contributed by atoms with E-state index < -0.39 is 5.60 Å². The minimum absolute atomic E-state index is 0.0349. The second-order valence-electron chi connectivity index (χ2n) is 5.95. The topological polar surface area (TPSA) is 49.8 Å². The van der Waals surface area contributed by atoms with Crippen molar-refractivity contribution >= 4 is 6.09 Å². The normalized spacial score (nSPS) is 33.2. The van der Waals surface area contributed by atoms with Crippen LogP contribution < -0.4 is 0 Å². The zero-order valence-electron chi connectivity index (χ0n) is 10.3. The van der Waals surface area contributed by atoms with Gasteiger partial charge in [-0.05, 0) is 46.0 Å². The lowest BCUT2D eigenvalue weighted by molar-refractivity contribution is -0.0632. The predicted molar refractivity (Wildman–Crippen MR) is 60.1 cm³/mol. The van der Waals surface area contributed by atoms with E-state index in [1.165, 1.54) is 0 Å². The lowest BCUT2D eigenvalue weighted by Gasteiger charge is -2.52. The quantitative estimate of drug-likeness (QED) is 0.742. The molecule has 0 aromatic carbocycles. The highest BCUT2D eigenvalue weighted by Crippen LogP contribution is 2.43. The molecule has 0 aromatic rings. The molecule has 0 spiro atoms. The highest BCUT2D eigenvalue weighted by Gasteiger charge is 2.47. The number of piperidine rings is 2. The first-order valence-corrected chi connectivity index (χ1v) is 6.03. The first-order valence-electron chi connectivity index (χ1n) is 6.03. The molecule has 0 radical (unpaired) electrons. The van der Waals surface area contributed by atoms with Crippen LogP contribution in [0, 0.1) is 5.92 Å². The predicted octanol–water partition coefficient (Wildman–Crippen LogP) is 1.77. The summed E-state index contributed by atoms with van der Waals surface area (Å²) in [5.74, 6) is 0.709. The van der Waals surface area contributed by atoms with Crippen LogP contribution >= 0.6 is 0 Å². The summed E-state index contributed by atoms with van der Waals surface area (Å²) in [6, 6.07) is 0.262. The van der Waals surface area contributed by atoms with Crippen LogP contribution in [0.3, 0.4) is 0 Å². The number of aliphatic hydroxyl groups is 1. The number of carbonyl (C=O) groups is 1. The maximum absolute atomic E-state index is 12.0. The summed E-state index contributed by atoms with van der Waals surface area (Å²) in [7, 11) is 0. The molecular weight excluding hydrogens is 206 g/mol. The molecule has 3 rings (SSSR count). The largest absolute Gasteiger partial charge is 0.444 e. The fraction of sp³-hybridized carbons (Fsp3) is 0.917. The van der Waals surface area contributed by atoms with Gasteiger partial charge in [0.15, 0.2) is 0 Å². The van der Waals surface area contributed by atoms with Gasteiger partial charge >= 0.3 is 6.09 Å². The van der Waals surface area contributed by atoms with E-state index in [-0.39, 0.29) is 18.7 Å². The average molecular weight is 227 g/mol. The third-order valence-electron chi connectivity index (χ3n) is 3.42. The Hall–Kier alpha value is -0.770. The highest BCUT2D eigenvalue weighted by molar-refractivity contribution is 5.69. The molecule has 0 aromatic heterocycles. The zero-order chi connectivity index (χ0) is 11.9. The molecule has 2 aliphatic heterocycles. The maximum atomic E-state index is 12.0. The molecule has 16 heavy (non-hydrogen) atoms. The van der Waals surface area contributed by atoms with Crippen LogP contribution in [0.25, 0.3) is 0 Å². The fourth-order valence-electron chi connectivity index (χ4n) is 2.69. The SMILES string of the molecule is CC(C)(C)OC(=O)N1C(CO)CC2CC1C2. The van der Waals surface area contributed by atoms with Gasteiger partial charge < -0.3 is 9.84 Å². The Morgan fingerprint density at radius 3 is 2.50 bits per heavy atom. The summed E-state index contributed by atoms with van der Waals surface area (Å²) in [5.41, 5.74) is -0.461. The lowest BCUT2D eigenvalue weighted by Crippen LogP contribution is -2.60. The molecule has 92 valence electrons. The lowest BCUT2D eigenvalue weighted by atomic mass is 9.71. The summed E-state index contributed by atoms with van der Waals surface area (Å²) in [6.45, 7) is 5.65. The number of aliphatic hydroxyl groups excluding tert-OH is 1. The molecular formula is C12H21NO3. The van der Waals surface area contributed by atoms with Gasteiger partial charge in [-0.2, -0.15) is 0 Å². The number of nitrogens with zero attached hydrogens (tertiary/aromatic N) is 1. The molecule has 1 atom stereocenters. The van der Waals surface area contributed by atoms with Crippen molar-refractivity contribution in [3.05, 3.63) is 0 Å². The van der Waals surface area contributed by atoms with Gasteiger partial charge in [-0.25, -0.2) is 4.79 Å². The maximum Gasteiger partial charge on any atom is 0.410 e. The van der Waals surface area contributed by atoms with E-state index in [9.17, 15) is 9.90 Å². The van der Waals surface area contributed by atoms with Crippen molar-refractivity contribution in [1.29, 1.82) is 0 Å². The van der Waals surface area contributed by atoms with E-state index >= 15 is 0 Å². The van der Waals surface area contributed by atoms with E-state index in [0.29, 0.717) is 12.0 Å². The van der Waals surface area contributed by atoms with Crippen molar-refractivity contribution in [2.75, 3.05) is 6.61 Å². The molecule has 2 saturated heterocycles. The Kier molecular flexibility index (Phi) is 2.86. The summed E-state index contributed by atoms with van der Waals surface area (Å²) >= 11 is 0. The average Bonchev–Trinajstić information content (AvgIpc) is 2.12. The first kappa shape index (κ1) is 11.7. The highest BCUT2D eigenvalue weighted by atomic mass is 16.6. The van der Waals surface area contributed by atoms with Gasteiger partial charge in [-0.15, -0.1) is 0 Å². The standard InChI is InChI=1S/C12H21NO3/c1-12(2,3)16-11(15)13-9-4-8(5-9)6-10(13)7-14/h8-10,14H,4-7H2,1-3H3. The van der Waals surface area contributed by atoms with Crippen molar-refractivity contribution in [3.63, 3.8) is 0 Å². The van der Waals surface area contributed by atoms with Gasteiger partial charge in [0.05, 0.1) is 12.6 Å². The number of rotatable bonds is 1. The van der Waals surface area contributed by atoms with E-state index in [2.05, 4.69) is 0 Å². The summed E-state index contributed by atoms with van der Waals surface area (Å²) in [5, 5.41) is 9.30. The smallest absolute Gasteiger partial charge is 0.410 e. The van der Waals surface area contributed by atoms with Crippen LogP contribution in [0.4, 0.5) is 4.79 Å². The minimum atomic E-state index is -0.461. The Bertz CT molecular complexity index is 278. The van der Waals surface area contributed by atoms with Gasteiger partial charge in [-0.3, -0.25) is 4.90 Å². The molecule has 4 heteroatoms. The molecule has 4 nitrogen and oxygen atoms in total. The van der Waals surface area contributed by atoms with Crippen molar-refractivity contribution < 1.29 is 14.6 Å². The van der Waals surface area contributed by atoms with Crippen molar-refractivity contribution in [2.24, 2.45) is 5.92 Å². The van der Waals surface area contributed by atoms with Crippen LogP contribution in [0.1, 0.15) is 40.0 Å². The fourth-order valence-corrected chi connectivity index (χ4v) is 2.69. The number of carbonyl (C=O) groups excluding carboxylic acids is 1. The Balaban J connectivity index is 2.02. The number of hydrogen-bond donors (Lipinski definition) is 1. The third kappa shape index (κ3) is 2.17. The van der Waals surface area contributed by atoms with E-state index in [0.717, 1.165) is 19.3 Å². The van der Waals surface area contributed by atoms with Crippen LogP contribution in [0.5, 0.6) is 0 Å². The van der Waals surface area contributed by atoms with Crippen LogP contribution in [0.15, 0.2) is 0 Å². The van der Waals surface area contributed by atoms with E-state index in [4.69, 9.17) is 4.74 Å². The zero-order valence-corrected chi connectivity index (χ0v) is 10.3. The second-order valence-corrected chi connectivity index (χ2v) is 5.95. The van der Waals surface area contributed by atoms with Gasteiger partial charge in [0.2, 0.25) is 0 Å². The first-order chi connectivity index (χ1) is 7.40. The van der Waals surface area contributed by atoms with Gasteiger partial charge in [0, 0.05) is 6.04 Å². The molecule has 3 aliphatic rings. The summed E-state index contributed by atoms with van der Waals surface area (Å²) in [6.07, 6.45) is 2.81. The van der Waals surface area contributed by atoms with E-state index in [1.54, 1.807) is 4.90 Å². The molecule has 1 saturated carbocycles. The number of ether oxygens (including phenoxy) is 1. The second kappa shape index (κ2) is 3.91. The summed E-state index contributed by atoms with van der Waals surface area (Å²) < 4.78 is 5.38. The molecule has 1 unspecified atom stereocenters. The molecule has 1 amide bonds. The molecule has 1 aliphatic carbocycles. The van der Waals surface area contributed by atoms with Crippen LogP contribution in [0.2, 0.25) is 0 Å². The Morgan fingerprint density at radius 1 is 1.38 bits per heavy atom. The minimum Gasteiger partial charge on any atom is -0.444 e. The van der Waals surface area contributed by atoms with Crippen molar-refractivity contribution in [1.82, 2.24) is 4.90 Å². The molecule has 1 N–H and O–H groups in total. The monoisotopic (exact) mass is 227 g/mol. The van der Waals surface area contributed by atoms with Crippen molar-refractivity contribution in [2.45, 2.75) is 57.7 Å². The summed E-state index contributed by atoms with van der Waals surface area (Å²) in [4.78, 5) is 13.8. The molecule has 2 heterocycles. The molecule has 2 bridgehead atoms. The number of fused-ring (bicyclic) bond motifs is 2. The number of amides is 1. The van der Waals surface area contributed by atoms with Crippen LogP contribution in [-0.2, 0) is 4.74 Å². The van der Waals surface area contributed by atoms with Crippen molar-refractivity contribution in [3.8, 4) is 0 Å². The Labute approximate surface area is 96.6 Å². The van der Waals surface area contributed by atoms with E-state index in [1.807, 2.05) is 20.8 Å². The van der Waals surface area contributed by atoms with Gasteiger partial charge in [0.25, 0.3) is 0 Å². The van der Waals surface area contributed by atoms with Gasteiger partial charge in [0.1, 0.15) is 5.60 Å².